The largest absolute Gasteiger partial charge is 0.433 e. The molecule has 0 fully saturated rings. The molecule has 0 aliphatic rings. The van der Waals surface area contributed by atoms with Crippen LogP contribution in [0.5, 0.6) is 5.75 Å². The van der Waals surface area contributed by atoms with Gasteiger partial charge in [-0.3, -0.25) is 0 Å². The van der Waals surface area contributed by atoms with Crippen molar-refractivity contribution >= 4 is 34.6 Å². The van der Waals surface area contributed by atoms with E-state index in [4.69, 9.17) is 23.8 Å². The van der Waals surface area contributed by atoms with Gasteiger partial charge in [0, 0.05) is 12.7 Å². The van der Waals surface area contributed by atoms with Crippen molar-refractivity contribution in [3.05, 3.63) is 23.2 Å². The Morgan fingerprint density at radius 1 is 1.50 bits per heavy atom. The Hall–Kier alpha value is -1.14. The maximum atomic E-state index is 11.9. The third kappa shape index (κ3) is 3.79. The van der Waals surface area contributed by atoms with E-state index in [1.54, 1.807) is 7.05 Å². The maximum absolute atomic E-state index is 11.9. The van der Waals surface area contributed by atoms with Gasteiger partial charge in [0.15, 0.2) is 5.11 Å². The fraction of sp³-hybridized carbons (Fsp3) is 0.222. The summed E-state index contributed by atoms with van der Waals surface area (Å²) in [6, 6.07) is 4.32. The van der Waals surface area contributed by atoms with Crippen LogP contribution in [0.4, 0.5) is 14.5 Å². The average molecular weight is 267 g/mol. The van der Waals surface area contributed by atoms with Crippen molar-refractivity contribution < 1.29 is 13.5 Å². The molecule has 1 aromatic carbocycles. The number of hydrogen-bond donors (Lipinski definition) is 2. The lowest BCUT2D eigenvalue weighted by Crippen LogP contribution is -2.24. The van der Waals surface area contributed by atoms with Gasteiger partial charge in [-0.05, 0) is 30.4 Å². The minimum absolute atomic E-state index is 0.0717. The molecule has 1 rings (SSSR count). The van der Waals surface area contributed by atoms with Gasteiger partial charge in [-0.2, -0.15) is 8.78 Å². The molecule has 0 radical (unpaired) electrons. The standard InChI is InChI=1S/C9H9ClF2N2OS/c1-13-9(16)14-5-2-3-7(6(10)4-5)15-8(11)12/h2-4,8H,1H3,(H2,13,14,16). The molecule has 0 heterocycles. The van der Waals surface area contributed by atoms with Gasteiger partial charge in [-0.1, -0.05) is 11.6 Å². The van der Waals surface area contributed by atoms with Crippen LogP contribution in [0, 0.1) is 0 Å². The highest BCUT2D eigenvalue weighted by molar-refractivity contribution is 7.80. The molecule has 0 amide bonds. The molecule has 88 valence electrons. The van der Waals surface area contributed by atoms with Gasteiger partial charge >= 0.3 is 6.61 Å². The number of alkyl halides is 2. The smallest absolute Gasteiger partial charge is 0.387 e. The van der Waals surface area contributed by atoms with Crippen LogP contribution in [0.15, 0.2) is 18.2 Å². The first kappa shape index (κ1) is 12.9. The molecular formula is C9H9ClF2N2OS. The predicted molar refractivity (Wildman–Crippen MR) is 63.4 cm³/mol. The lowest BCUT2D eigenvalue weighted by atomic mass is 10.3. The number of hydrogen-bond acceptors (Lipinski definition) is 2. The van der Waals surface area contributed by atoms with Crippen molar-refractivity contribution in [3.63, 3.8) is 0 Å². The van der Waals surface area contributed by atoms with Crippen LogP contribution >= 0.6 is 23.8 Å². The quantitative estimate of drug-likeness (QED) is 0.825. The Labute approximate surface area is 102 Å². The maximum Gasteiger partial charge on any atom is 0.387 e. The van der Waals surface area contributed by atoms with Gasteiger partial charge in [0.25, 0.3) is 0 Å². The molecule has 0 bridgehead atoms. The number of thiocarbonyl (C=S) groups is 1. The molecule has 0 aliphatic carbocycles. The topological polar surface area (TPSA) is 33.3 Å². The van der Waals surface area contributed by atoms with Gasteiger partial charge < -0.3 is 15.4 Å². The van der Waals surface area contributed by atoms with Crippen LogP contribution in [-0.2, 0) is 0 Å². The number of nitrogens with one attached hydrogen (secondary N) is 2. The molecule has 3 nitrogen and oxygen atoms in total. The summed E-state index contributed by atoms with van der Waals surface area (Å²) in [5.41, 5.74) is 0.589. The second kappa shape index (κ2) is 5.81. The summed E-state index contributed by atoms with van der Waals surface area (Å²) in [7, 11) is 1.66. The summed E-state index contributed by atoms with van der Waals surface area (Å²) in [5, 5.41) is 6.00. The minimum Gasteiger partial charge on any atom is -0.433 e. The first-order valence-electron chi connectivity index (χ1n) is 4.26. The monoisotopic (exact) mass is 266 g/mol. The van der Waals surface area contributed by atoms with E-state index in [2.05, 4.69) is 15.4 Å². The summed E-state index contributed by atoms with van der Waals surface area (Å²) in [6.07, 6.45) is 0. The van der Waals surface area contributed by atoms with Gasteiger partial charge in [-0.25, -0.2) is 0 Å². The van der Waals surface area contributed by atoms with Gasteiger partial charge in [0.05, 0.1) is 5.02 Å². The van der Waals surface area contributed by atoms with Crippen molar-refractivity contribution in [1.29, 1.82) is 0 Å². The number of benzene rings is 1. The lowest BCUT2D eigenvalue weighted by molar-refractivity contribution is -0.0497. The van der Waals surface area contributed by atoms with Crippen molar-refractivity contribution in [2.45, 2.75) is 6.61 Å². The van der Waals surface area contributed by atoms with Crippen LogP contribution in [0.2, 0.25) is 5.02 Å². The van der Waals surface area contributed by atoms with Gasteiger partial charge in [0.2, 0.25) is 0 Å². The third-order valence-corrected chi connectivity index (χ3v) is 2.23. The molecule has 2 N–H and O–H groups in total. The molecule has 0 atom stereocenters. The number of anilines is 1. The zero-order valence-electron chi connectivity index (χ0n) is 8.26. The van der Waals surface area contributed by atoms with Crippen LogP contribution in [0.3, 0.4) is 0 Å². The van der Waals surface area contributed by atoms with Crippen LogP contribution < -0.4 is 15.4 Å². The second-order valence-electron chi connectivity index (χ2n) is 2.73. The number of halogens is 3. The average Bonchev–Trinajstić information content (AvgIpc) is 2.21. The van der Waals surface area contributed by atoms with E-state index in [1.807, 2.05) is 0 Å². The summed E-state index contributed by atoms with van der Waals surface area (Å²) in [6.45, 7) is -2.89. The molecular weight excluding hydrogens is 258 g/mol. The first-order valence-corrected chi connectivity index (χ1v) is 5.04. The minimum atomic E-state index is -2.89. The molecule has 0 unspecified atom stereocenters. The number of rotatable bonds is 3. The summed E-state index contributed by atoms with van der Waals surface area (Å²) in [4.78, 5) is 0. The van der Waals surface area contributed by atoms with E-state index in [0.29, 0.717) is 10.8 Å². The third-order valence-electron chi connectivity index (χ3n) is 1.63. The fourth-order valence-electron chi connectivity index (χ4n) is 0.964. The highest BCUT2D eigenvalue weighted by Gasteiger charge is 2.09. The van der Waals surface area contributed by atoms with Crippen LogP contribution in [-0.4, -0.2) is 18.8 Å². The zero-order valence-corrected chi connectivity index (χ0v) is 9.83. The van der Waals surface area contributed by atoms with E-state index < -0.39 is 6.61 Å². The molecule has 0 aliphatic heterocycles. The molecule has 0 spiro atoms. The predicted octanol–water partition coefficient (Wildman–Crippen LogP) is 2.86. The second-order valence-corrected chi connectivity index (χ2v) is 3.54. The molecule has 0 aromatic heterocycles. The Kier molecular flexibility index (Phi) is 4.70. The highest BCUT2D eigenvalue weighted by atomic mass is 35.5. The van der Waals surface area contributed by atoms with Crippen LogP contribution in [0.25, 0.3) is 0 Å². The first-order chi connectivity index (χ1) is 7.52. The Morgan fingerprint density at radius 2 is 2.19 bits per heavy atom. The normalized spacial score (nSPS) is 10.1. The lowest BCUT2D eigenvalue weighted by Gasteiger charge is -2.10. The Bertz CT molecular complexity index is 390. The molecule has 0 saturated carbocycles. The molecule has 7 heteroatoms. The van der Waals surface area contributed by atoms with Crippen molar-refractivity contribution in [1.82, 2.24) is 5.32 Å². The summed E-state index contributed by atoms with van der Waals surface area (Å²) in [5.74, 6) is -0.0717. The van der Waals surface area contributed by atoms with Gasteiger partial charge in [0.1, 0.15) is 5.75 Å². The Morgan fingerprint density at radius 3 is 2.69 bits per heavy atom. The summed E-state index contributed by atoms with van der Waals surface area (Å²) >= 11 is 10.6. The van der Waals surface area contributed by atoms with Crippen molar-refractivity contribution in [2.24, 2.45) is 0 Å². The van der Waals surface area contributed by atoms with E-state index in [9.17, 15) is 8.78 Å². The fourth-order valence-corrected chi connectivity index (χ4v) is 1.31. The molecule has 0 saturated heterocycles. The summed E-state index contributed by atoms with van der Waals surface area (Å²) < 4.78 is 28.1. The zero-order chi connectivity index (χ0) is 12.1. The van der Waals surface area contributed by atoms with Crippen molar-refractivity contribution in [3.8, 4) is 5.75 Å². The van der Waals surface area contributed by atoms with E-state index in [0.717, 1.165) is 0 Å². The van der Waals surface area contributed by atoms with Crippen molar-refractivity contribution in [2.75, 3.05) is 12.4 Å². The van der Waals surface area contributed by atoms with Crippen LogP contribution in [0.1, 0.15) is 0 Å². The van der Waals surface area contributed by atoms with Gasteiger partial charge in [-0.15, -0.1) is 0 Å². The van der Waals surface area contributed by atoms with E-state index >= 15 is 0 Å². The molecule has 16 heavy (non-hydrogen) atoms. The SMILES string of the molecule is CNC(=S)Nc1ccc(OC(F)F)c(Cl)c1. The van der Waals surface area contributed by atoms with E-state index in [1.165, 1.54) is 18.2 Å². The highest BCUT2D eigenvalue weighted by Crippen LogP contribution is 2.28. The number of ether oxygens (including phenoxy) is 1. The Balaban J connectivity index is 2.78. The van der Waals surface area contributed by atoms with E-state index in [-0.39, 0.29) is 10.8 Å². The molecule has 1 aromatic rings.